The molecule has 0 bridgehead atoms. The van der Waals surface area contributed by atoms with Crippen LogP contribution in [0.25, 0.3) is 0 Å². The van der Waals surface area contributed by atoms with Crippen molar-refractivity contribution in [2.24, 2.45) is 0 Å². The van der Waals surface area contributed by atoms with E-state index in [9.17, 15) is 4.79 Å². The van der Waals surface area contributed by atoms with Gasteiger partial charge in [-0.05, 0) is 43.4 Å². The summed E-state index contributed by atoms with van der Waals surface area (Å²) in [5.41, 5.74) is 0.851. The van der Waals surface area contributed by atoms with Gasteiger partial charge < -0.3 is 4.90 Å². The third-order valence-corrected chi connectivity index (χ3v) is 4.66. The summed E-state index contributed by atoms with van der Waals surface area (Å²) in [6.07, 6.45) is 6.77. The van der Waals surface area contributed by atoms with E-state index in [1.54, 1.807) is 0 Å². The van der Waals surface area contributed by atoms with Crippen molar-refractivity contribution in [3.05, 3.63) is 34.9 Å². The average Bonchev–Trinajstić information content (AvgIpc) is 3.23. The molecule has 0 aromatic heterocycles. The van der Waals surface area contributed by atoms with Crippen LogP contribution >= 0.6 is 11.6 Å². The molecule has 0 radical (unpaired) electrons. The van der Waals surface area contributed by atoms with Gasteiger partial charge in [0.15, 0.2) is 0 Å². The fraction of sp³-hybridized carbons (Fsp3) is 0.562. The second kappa shape index (κ2) is 5.16. The summed E-state index contributed by atoms with van der Waals surface area (Å²) in [4.78, 5) is 14.9. The number of likely N-dealkylation sites (tertiary alicyclic amines) is 1. The lowest BCUT2D eigenvalue weighted by Crippen LogP contribution is -2.39. The number of nitrogens with zero attached hydrogens (tertiary/aromatic N) is 1. The number of rotatable bonds is 2. The van der Waals surface area contributed by atoms with E-state index in [4.69, 9.17) is 11.6 Å². The predicted octanol–water partition coefficient (Wildman–Crippen LogP) is 3.77. The van der Waals surface area contributed by atoms with Crippen molar-refractivity contribution in [2.75, 3.05) is 13.1 Å². The Morgan fingerprint density at radius 2 is 1.79 bits per heavy atom. The average molecular weight is 278 g/mol. The van der Waals surface area contributed by atoms with Crippen LogP contribution in [0, 0.1) is 0 Å². The first-order chi connectivity index (χ1) is 9.22. The summed E-state index contributed by atoms with van der Waals surface area (Å²) < 4.78 is 0. The molecular weight excluding hydrogens is 258 g/mol. The van der Waals surface area contributed by atoms with Gasteiger partial charge in [0.25, 0.3) is 0 Å². The Morgan fingerprint density at radius 1 is 1.11 bits per heavy atom. The highest BCUT2D eigenvalue weighted by atomic mass is 35.5. The van der Waals surface area contributed by atoms with Crippen molar-refractivity contribution in [1.29, 1.82) is 0 Å². The maximum atomic E-state index is 12.8. The molecule has 1 aromatic carbocycles. The lowest BCUT2D eigenvalue weighted by molar-refractivity contribution is -0.133. The van der Waals surface area contributed by atoms with Gasteiger partial charge in [-0.15, -0.1) is 0 Å². The van der Waals surface area contributed by atoms with Crippen LogP contribution in [0.3, 0.4) is 0 Å². The fourth-order valence-corrected chi connectivity index (χ4v) is 3.30. The highest BCUT2D eigenvalue weighted by molar-refractivity contribution is 6.30. The molecule has 1 saturated heterocycles. The molecule has 1 saturated carbocycles. The molecule has 0 atom stereocenters. The van der Waals surface area contributed by atoms with E-state index in [-0.39, 0.29) is 5.41 Å². The molecule has 3 rings (SSSR count). The summed E-state index contributed by atoms with van der Waals surface area (Å²) in [6.45, 7) is 1.86. The first-order valence-electron chi connectivity index (χ1n) is 7.28. The highest BCUT2D eigenvalue weighted by Crippen LogP contribution is 2.50. The molecule has 2 nitrogen and oxygen atoms in total. The maximum absolute atomic E-state index is 12.8. The van der Waals surface area contributed by atoms with Gasteiger partial charge in [-0.3, -0.25) is 4.79 Å². The molecule has 0 N–H and O–H groups in total. The minimum Gasteiger partial charge on any atom is -0.342 e. The normalized spacial score (nSPS) is 21.8. The number of amides is 1. The number of carbonyl (C=O) groups is 1. The van der Waals surface area contributed by atoms with E-state index in [1.165, 1.54) is 12.8 Å². The van der Waals surface area contributed by atoms with E-state index < -0.39 is 0 Å². The Hall–Kier alpha value is -1.02. The summed E-state index contributed by atoms with van der Waals surface area (Å²) in [5.74, 6) is 0.330. The van der Waals surface area contributed by atoms with Gasteiger partial charge in [0.05, 0.1) is 5.41 Å². The van der Waals surface area contributed by atoms with Crippen LogP contribution < -0.4 is 0 Å². The molecule has 1 aliphatic heterocycles. The molecule has 2 aliphatic rings. The largest absolute Gasteiger partial charge is 0.342 e. The Balaban J connectivity index is 1.82. The van der Waals surface area contributed by atoms with Crippen molar-refractivity contribution in [1.82, 2.24) is 4.90 Å². The lowest BCUT2D eigenvalue weighted by atomic mass is 9.94. The molecule has 3 heteroatoms. The molecular formula is C16H20ClNO. The summed E-state index contributed by atoms with van der Waals surface area (Å²) in [6, 6.07) is 7.84. The quantitative estimate of drug-likeness (QED) is 0.806. The van der Waals surface area contributed by atoms with Crippen LogP contribution in [0.4, 0.5) is 0 Å². The topological polar surface area (TPSA) is 20.3 Å². The van der Waals surface area contributed by atoms with Crippen LogP contribution in [0.2, 0.25) is 5.02 Å². The second-order valence-corrected chi connectivity index (χ2v) is 6.24. The number of halogens is 1. The minimum atomic E-state index is -0.255. The van der Waals surface area contributed by atoms with E-state index in [0.29, 0.717) is 5.91 Å². The third kappa shape index (κ3) is 2.51. The maximum Gasteiger partial charge on any atom is 0.233 e. The monoisotopic (exact) mass is 277 g/mol. The van der Waals surface area contributed by atoms with Gasteiger partial charge in [-0.2, -0.15) is 0 Å². The first-order valence-corrected chi connectivity index (χ1v) is 7.66. The molecule has 0 unspecified atom stereocenters. The van der Waals surface area contributed by atoms with Crippen molar-refractivity contribution >= 4 is 17.5 Å². The van der Waals surface area contributed by atoms with Crippen molar-refractivity contribution in [2.45, 2.75) is 43.9 Å². The zero-order valence-corrected chi connectivity index (χ0v) is 12.0. The molecule has 1 heterocycles. The number of carbonyl (C=O) groups excluding carboxylic acids is 1. The fourth-order valence-electron chi connectivity index (χ4n) is 3.11. The van der Waals surface area contributed by atoms with E-state index >= 15 is 0 Å². The van der Waals surface area contributed by atoms with Gasteiger partial charge in [0, 0.05) is 18.1 Å². The van der Waals surface area contributed by atoms with Gasteiger partial charge in [0.2, 0.25) is 5.91 Å². The van der Waals surface area contributed by atoms with Crippen LogP contribution in [0.1, 0.15) is 44.1 Å². The summed E-state index contributed by atoms with van der Waals surface area (Å²) in [7, 11) is 0. The lowest BCUT2D eigenvalue weighted by Gasteiger charge is -2.26. The third-order valence-electron chi connectivity index (χ3n) is 4.43. The molecule has 102 valence electrons. The smallest absolute Gasteiger partial charge is 0.233 e. The first kappa shape index (κ1) is 13.0. The van der Waals surface area contributed by atoms with Crippen LogP contribution in [-0.2, 0) is 10.2 Å². The Bertz CT molecular complexity index is 473. The SMILES string of the molecule is O=C(N1CCCCCC1)C1(c2cccc(Cl)c2)CC1. The van der Waals surface area contributed by atoms with E-state index in [2.05, 4.69) is 11.0 Å². The molecule has 0 spiro atoms. The van der Waals surface area contributed by atoms with Crippen LogP contribution in [-0.4, -0.2) is 23.9 Å². The number of hydrogen-bond acceptors (Lipinski definition) is 1. The van der Waals surface area contributed by atoms with Crippen molar-refractivity contribution in [3.63, 3.8) is 0 Å². The predicted molar refractivity (Wildman–Crippen MR) is 77.4 cm³/mol. The summed E-state index contributed by atoms with van der Waals surface area (Å²) in [5, 5.41) is 0.729. The zero-order valence-electron chi connectivity index (χ0n) is 11.2. The van der Waals surface area contributed by atoms with Gasteiger partial charge >= 0.3 is 0 Å². The molecule has 19 heavy (non-hydrogen) atoms. The van der Waals surface area contributed by atoms with Crippen LogP contribution in [0.15, 0.2) is 24.3 Å². The Morgan fingerprint density at radius 3 is 2.37 bits per heavy atom. The highest BCUT2D eigenvalue weighted by Gasteiger charge is 2.52. The minimum absolute atomic E-state index is 0.255. The zero-order chi connectivity index (χ0) is 13.3. The molecule has 1 aromatic rings. The van der Waals surface area contributed by atoms with Gasteiger partial charge in [-0.25, -0.2) is 0 Å². The van der Waals surface area contributed by atoms with Crippen molar-refractivity contribution < 1.29 is 4.79 Å². The molecule has 1 amide bonds. The Labute approximate surface area is 119 Å². The number of hydrogen-bond donors (Lipinski definition) is 0. The summed E-state index contributed by atoms with van der Waals surface area (Å²) >= 11 is 6.07. The standard InChI is InChI=1S/C16H20ClNO/c17-14-7-5-6-13(12-14)16(8-9-16)15(19)18-10-3-1-2-4-11-18/h5-7,12H,1-4,8-11H2. The van der Waals surface area contributed by atoms with E-state index in [1.807, 2.05) is 18.2 Å². The molecule has 2 fully saturated rings. The Kier molecular flexibility index (Phi) is 3.53. The van der Waals surface area contributed by atoms with E-state index in [0.717, 1.165) is 49.4 Å². The number of benzene rings is 1. The van der Waals surface area contributed by atoms with Gasteiger partial charge in [0.1, 0.15) is 0 Å². The van der Waals surface area contributed by atoms with Crippen LogP contribution in [0.5, 0.6) is 0 Å². The molecule has 1 aliphatic carbocycles. The second-order valence-electron chi connectivity index (χ2n) is 5.80. The van der Waals surface area contributed by atoms with Gasteiger partial charge in [-0.1, -0.05) is 36.6 Å². The van der Waals surface area contributed by atoms with Crippen molar-refractivity contribution in [3.8, 4) is 0 Å².